The van der Waals surface area contributed by atoms with Gasteiger partial charge < -0.3 is 18.5 Å². The molecule has 2 unspecified atom stereocenters. The molecule has 3 heterocycles. The van der Waals surface area contributed by atoms with Crippen molar-refractivity contribution < 1.29 is 28.0 Å². The summed E-state index contributed by atoms with van der Waals surface area (Å²) in [5, 5.41) is 0. The number of ether oxygens (including phenoxy) is 1. The number of likely N-dealkylation sites (tertiary alicyclic amines) is 1. The summed E-state index contributed by atoms with van der Waals surface area (Å²) in [5.41, 5.74) is 0.643. The molecule has 1 amide bonds. The summed E-state index contributed by atoms with van der Waals surface area (Å²) in [6.45, 7) is 6.58. The summed E-state index contributed by atoms with van der Waals surface area (Å²) < 4.78 is 16.8. The van der Waals surface area contributed by atoms with Gasteiger partial charge in [0.05, 0.1) is 25.5 Å². The Kier molecular flexibility index (Phi) is 6.49. The number of amides is 1. The minimum atomic E-state index is -1.22. The van der Waals surface area contributed by atoms with Crippen molar-refractivity contribution in [2.45, 2.75) is 39.8 Å². The highest BCUT2D eigenvalue weighted by Crippen LogP contribution is 2.40. The molecule has 0 aliphatic carbocycles. The van der Waals surface area contributed by atoms with Gasteiger partial charge in [-0.25, -0.2) is 0 Å². The fourth-order valence-electron chi connectivity index (χ4n) is 4.02. The fraction of sp³-hybridized carbons (Fsp3) is 0.346. The summed E-state index contributed by atoms with van der Waals surface area (Å²) in [7, 11) is 0. The third-order valence-corrected chi connectivity index (χ3v) is 5.74. The monoisotopic (exact) mass is 449 g/mol. The summed E-state index contributed by atoms with van der Waals surface area (Å²) >= 11 is 0. The van der Waals surface area contributed by atoms with Crippen molar-refractivity contribution >= 4 is 17.5 Å². The Morgan fingerprint density at radius 3 is 2.61 bits per heavy atom. The number of furan rings is 2. The van der Waals surface area contributed by atoms with Crippen LogP contribution in [-0.4, -0.2) is 29.0 Å². The summed E-state index contributed by atoms with van der Waals surface area (Å²) in [5.74, 6) is -0.942. The van der Waals surface area contributed by atoms with E-state index < -0.39 is 29.4 Å². The van der Waals surface area contributed by atoms with Crippen LogP contribution in [0.5, 0.6) is 5.75 Å². The number of carbonyl (C=O) groups is 3. The molecule has 1 fully saturated rings. The maximum atomic E-state index is 13.3. The molecule has 1 aliphatic rings. The van der Waals surface area contributed by atoms with E-state index in [0.29, 0.717) is 35.4 Å². The highest BCUT2D eigenvalue weighted by Gasteiger charge is 2.52. The van der Waals surface area contributed by atoms with Crippen LogP contribution in [0.2, 0.25) is 0 Å². The summed E-state index contributed by atoms with van der Waals surface area (Å²) in [4.78, 5) is 40.8. The molecule has 0 spiro atoms. The molecule has 1 aromatic carbocycles. The molecule has 1 saturated heterocycles. The van der Waals surface area contributed by atoms with Crippen molar-refractivity contribution in [1.82, 2.24) is 4.90 Å². The second kappa shape index (κ2) is 9.48. The minimum absolute atomic E-state index is 0.0628. The van der Waals surface area contributed by atoms with E-state index in [0.717, 1.165) is 6.42 Å². The zero-order chi connectivity index (χ0) is 23.5. The van der Waals surface area contributed by atoms with Gasteiger partial charge in [-0.2, -0.15) is 0 Å². The lowest BCUT2D eigenvalue weighted by atomic mass is 9.88. The van der Waals surface area contributed by atoms with Crippen LogP contribution in [0.4, 0.5) is 0 Å². The molecule has 33 heavy (non-hydrogen) atoms. The highest BCUT2D eigenvalue weighted by atomic mass is 16.5. The van der Waals surface area contributed by atoms with Gasteiger partial charge in [-0.05, 0) is 61.2 Å². The lowest BCUT2D eigenvalue weighted by Crippen LogP contribution is -2.30. The molecule has 4 rings (SSSR count). The van der Waals surface area contributed by atoms with Gasteiger partial charge in [0, 0.05) is 0 Å². The summed E-state index contributed by atoms with van der Waals surface area (Å²) in [6, 6.07) is 13.1. The predicted molar refractivity (Wildman–Crippen MR) is 120 cm³/mol. The van der Waals surface area contributed by atoms with E-state index in [-0.39, 0.29) is 12.3 Å². The zero-order valence-corrected chi connectivity index (χ0v) is 18.9. The van der Waals surface area contributed by atoms with Gasteiger partial charge >= 0.3 is 0 Å². The van der Waals surface area contributed by atoms with Crippen molar-refractivity contribution in [2.75, 3.05) is 6.61 Å². The average Bonchev–Trinajstić information content (AvgIpc) is 3.51. The number of nitrogens with zero attached hydrogens (tertiary/aromatic N) is 1. The van der Waals surface area contributed by atoms with Crippen molar-refractivity contribution in [3.05, 3.63) is 77.6 Å². The molecule has 0 N–H and O–H groups in total. The zero-order valence-electron chi connectivity index (χ0n) is 18.9. The Morgan fingerprint density at radius 2 is 1.94 bits per heavy atom. The van der Waals surface area contributed by atoms with Gasteiger partial charge in [0.1, 0.15) is 23.2 Å². The standard InChI is InChI=1S/C26H27NO6/c1-16(2)11-13-32-19-7-4-6-18(14-19)23-22(24(28)21-10-9-17(3)33-21)25(29)26(30)27(23)15-20-8-5-12-31-20/h4-10,12,14,16,22-23H,11,13,15H2,1-3H3. The van der Waals surface area contributed by atoms with Crippen molar-refractivity contribution in [1.29, 1.82) is 0 Å². The van der Waals surface area contributed by atoms with Crippen LogP contribution in [0.1, 0.15) is 53.9 Å². The Morgan fingerprint density at radius 1 is 1.12 bits per heavy atom. The van der Waals surface area contributed by atoms with Crippen LogP contribution in [0.25, 0.3) is 0 Å². The van der Waals surface area contributed by atoms with Crippen LogP contribution in [0.3, 0.4) is 0 Å². The third-order valence-electron chi connectivity index (χ3n) is 5.74. The SMILES string of the molecule is Cc1ccc(C(=O)C2C(=O)C(=O)N(Cc3ccco3)C2c2cccc(OCCC(C)C)c2)o1. The molecule has 2 aromatic heterocycles. The smallest absolute Gasteiger partial charge is 0.291 e. The topological polar surface area (TPSA) is 90.0 Å². The molecule has 0 radical (unpaired) electrons. The number of carbonyl (C=O) groups excluding carboxylic acids is 3. The van der Waals surface area contributed by atoms with E-state index in [9.17, 15) is 14.4 Å². The first-order valence-electron chi connectivity index (χ1n) is 11.1. The van der Waals surface area contributed by atoms with Crippen molar-refractivity contribution in [2.24, 2.45) is 11.8 Å². The first-order chi connectivity index (χ1) is 15.8. The highest BCUT2D eigenvalue weighted by molar-refractivity contribution is 6.43. The maximum Gasteiger partial charge on any atom is 0.291 e. The average molecular weight is 450 g/mol. The Bertz CT molecular complexity index is 1140. The summed E-state index contributed by atoms with van der Waals surface area (Å²) in [6.07, 6.45) is 2.40. The van der Waals surface area contributed by atoms with Gasteiger partial charge in [0.2, 0.25) is 11.6 Å². The normalized spacial score (nSPS) is 18.4. The molecular formula is C26H27NO6. The first kappa shape index (κ1) is 22.6. The van der Waals surface area contributed by atoms with Crippen LogP contribution in [-0.2, 0) is 16.1 Å². The Labute approximate surface area is 192 Å². The van der Waals surface area contributed by atoms with Gasteiger partial charge in [0.15, 0.2) is 5.76 Å². The van der Waals surface area contributed by atoms with E-state index in [1.807, 2.05) is 6.07 Å². The largest absolute Gasteiger partial charge is 0.494 e. The van der Waals surface area contributed by atoms with Crippen LogP contribution >= 0.6 is 0 Å². The Balaban J connectivity index is 1.70. The van der Waals surface area contributed by atoms with E-state index in [1.165, 1.54) is 17.2 Å². The van der Waals surface area contributed by atoms with Crippen LogP contribution < -0.4 is 4.74 Å². The molecule has 3 aromatic rings. The van der Waals surface area contributed by atoms with Crippen LogP contribution in [0, 0.1) is 18.8 Å². The van der Waals surface area contributed by atoms with Gasteiger partial charge in [-0.3, -0.25) is 14.4 Å². The third kappa shape index (κ3) is 4.77. The van der Waals surface area contributed by atoms with E-state index in [4.69, 9.17) is 13.6 Å². The van der Waals surface area contributed by atoms with Gasteiger partial charge in [-0.1, -0.05) is 26.0 Å². The fourth-order valence-corrected chi connectivity index (χ4v) is 4.02. The second-order valence-corrected chi connectivity index (χ2v) is 8.68. The number of hydrogen-bond donors (Lipinski definition) is 0. The van der Waals surface area contributed by atoms with E-state index >= 15 is 0 Å². The van der Waals surface area contributed by atoms with E-state index in [1.54, 1.807) is 43.3 Å². The Hall–Kier alpha value is -3.61. The molecule has 7 nitrogen and oxygen atoms in total. The van der Waals surface area contributed by atoms with Crippen molar-refractivity contribution in [3.63, 3.8) is 0 Å². The lowest BCUT2D eigenvalue weighted by molar-refractivity contribution is -0.141. The number of hydrogen-bond acceptors (Lipinski definition) is 6. The molecular weight excluding hydrogens is 422 g/mol. The number of Topliss-reactive ketones (excluding diaryl/α,β-unsaturated/α-hetero) is 2. The molecule has 172 valence electrons. The molecule has 2 atom stereocenters. The number of rotatable bonds is 9. The van der Waals surface area contributed by atoms with Crippen molar-refractivity contribution in [3.8, 4) is 5.75 Å². The number of aryl methyl sites for hydroxylation is 1. The van der Waals surface area contributed by atoms with Gasteiger partial charge in [0.25, 0.3) is 5.91 Å². The quantitative estimate of drug-likeness (QED) is 0.266. The second-order valence-electron chi connectivity index (χ2n) is 8.68. The first-order valence-corrected chi connectivity index (χ1v) is 11.1. The molecule has 0 saturated carbocycles. The maximum absolute atomic E-state index is 13.3. The number of benzene rings is 1. The lowest BCUT2D eigenvalue weighted by Gasteiger charge is -2.26. The van der Waals surface area contributed by atoms with Gasteiger partial charge in [-0.15, -0.1) is 0 Å². The molecule has 1 aliphatic heterocycles. The molecule has 0 bridgehead atoms. The predicted octanol–water partition coefficient (Wildman–Crippen LogP) is 4.76. The van der Waals surface area contributed by atoms with E-state index in [2.05, 4.69) is 13.8 Å². The van der Waals surface area contributed by atoms with Crippen LogP contribution in [0.15, 0.2) is 63.6 Å². The minimum Gasteiger partial charge on any atom is -0.494 e. The number of ketones is 2. The molecule has 7 heteroatoms.